The summed E-state index contributed by atoms with van der Waals surface area (Å²) in [5, 5.41) is 20.5. The quantitative estimate of drug-likeness (QED) is 0.201. The lowest BCUT2D eigenvalue weighted by Crippen LogP contribution is -2.28. The molecule has 11 heteroatoms. The Balaban J connectivity index is 1.79. The van der Waals surface area contributed by atoms with E-state index in [1.165, 1.54) is 18.7 Å². The minimum Gasteiger partial charge on any atom is -0.491 e. The van der Waals surface area contributed by atoms with Crippen molar-refractivity contribution in [2.24, 2.45) is 0 Å². The summed E-state index contributed by atoms with van der Waals surface area (Å²) in [4.78, 5) is 24.1. The first kappa shape index (κ1) is 25.8. The van der Waals surface area contributed by atoms with E-state index in [0.717, 1.165) is 0 Å². The molecule has 2 atom stereocenters. The lowest BCUT2D eigenvalue weighted by molar-refractivity contribution is -0.124. The third-order valence-corrected chi connectivity index (χ3v) is 5.07. The summed E-state index contributed by atoms with van der Waals surface area (Å²) in [5.74, 6) is 0.868. The van der Waals surface area contributed by atoms with Crippen molar-refractivity contribution < 1.29 is 43.6 Å². The molecule has 3 rings (SSSR count). The number of hydroxylamine groups is 1. The van der Waals surface area contributed by atoms with Gasteiger partial charge < -0.3 is 28.8 Å². The van der Waals surface area contributed by atoms with Crippen LogP contribution in [-0.2, 0) is 14.3 Å². The number of fused-ring (bicyclic) bond motifs is 1. The van der Waals surface area contributed by atoms with Gasteiger partial charge in [0.1, 0.15) is 12.4 Å². The normalized spacial score (nSPS) is 13.8. The van der Waals surface area contributed by atoms with Crippen LogP contribution < -0.4 is 25.0 Å². The number of carbonyl (C=O) groups is 2. The van der Waals surface area contributed by atoms with E-state index in [1.807, 2.05) is 0 Å². The SMILES string of the molecule is CO[C@H](CC/C=C/C(=O)NO)[C@H](OC(=O)Nc1ccc2c(c1)OCO2)c1ccccc1OCCO. The van der Waals surface area contributed by atoms with Crippen molar-refractivity contribution in [1.82, 2.24) is 5.48 Å². The summed E-state index contributed by atoms with van der Waals surface area (Å²) in [7, 11) is 1.48. The Bertz CT molecular complexity index is 1030. The van der Waals surface area contributed by atoms with Gasteiger partial charge in [0.2, 0.25) is 6.79 Å². The summed E-state index contributed by atoms with van der Waals surface area (Å²) < 4.78 is 27.7. The van der Waals surface area contributed by atoms with Crippen LogP contribution in [0.1, 0.15) is 24.5 Å². The maximum Gasteiger partial charge on any atom is 0.412 e. The molecule has 0 fully saturated rings. The van der Waals surface area contributed by atoms with E-state index in [-0.39, 0.29) is 20.0 Å². The molecule has 2 aromatic carbocycles. The number of rotatable bonds is 12. The summed E-state index contributed by atoms with van der Waals surface area (Å²) in [6.07, 6.45) is 1.30. The number of benzene rings is 2. The fourth-order valence-corrected chi connectivity index (χ4v) is 3.46. The van der Waals surface area contributed by atoms with Crippen LogP contribution in [-0.4, -0.2) is 55.5 Å². The molecule has 0 aliphatic carbocycles. The van der Waals surface area contributed by atoms with Gasteiger partial charge in [-0.2, -0.15) is 0 Å². The second-order valence-corrected chi connectivity index (χ2v) is 7.36. The highest BCUT2D eigenvalue weighted by atomic mass is 16.7. The van der Waals surface area contributed by atoms with E-state index in [0.29, 0.717) is 41.3 Å². The number of ether oxygens (including phenoxy) is 5. The summed E-state index contributed by atoms with van der Waals surface area (Å²) in [6.45, 7) is -0.0144. The Kier molecular flexibility index (Phi) is 9.72. The van der Waals surface area contributed by atoms with Crippen molar-refractivity contribution in [3.05, 3.63) is 60.2 Å². The zero-order valence-corrected chi connectivity index (χ0v) is 19.1. The van der Waals surface area contributed by atoms with Gasteiger partial charge in [0.15, 0.2) is 17.6 Å². The smallest absolute Gasteiger partial charge is 0.412 e. The van der Waals surface area contributed by atoms with Crippen LogP contribution in [0.4, 0.5) is 10.5 Å². The number of nitrogens with one attached hydrogen (secondary N) is 2. The van der Waals surface area contributed by atoms with Crippen molar-refractivity contribution >= 4 is 17.7 Å². The molecular weight excluding hydrogens is 460 g/mol. The fraction of sp³-hybridized carbons (Fsp3) is 0.333. The third kappa shape index (κ3) is 7.34. The third-order valence-electron chi connectivity index (χ3n) is 5.07. The monoisotopic (exact) mass is 488 g/mol. The second kappa shape index (κ2) is 13.2. The topological polar surface area (TPSA) is 145 Å². The van der Waals surface area contributed by atoms with Crippen molar-refractivity contribution in [3.63, 3.8) is 0 Å². The summed E-state index contributed by atoms with van der Waals surface area (Å²) in [5.41, 5.74) is 2.52. The van der Waals surface area contributed by atoms with E-state index in [1.54, 1.807) is 48.5 Å². The highest BCUT2D eigenvalue weighted by Gasteiger charge is 2.30. The van der Waals surface area contributed by atoms with Crippen molar-refractivity contribution in [1.29, 1.82) is 0 Å². The molecule has 2 aromatic rings. The lowest BCUT2D eigenvalue weighted by Gasteiger charge is -2.27. The molecule has 1 aliphatic heterocycles. The minimum absolute atomic E-state index is 0.0593. The summed E-state index contributed by atoms with van der Waals surface area (Å²) in [6, 6.07) is 11.9. The van der Waals surface area contributed by atoms with Crippen LogP contribution >= 0.6 is 0 Å². The molecule has 0 spiro atoms. The number of methoxy groups -OCH3 is 1. The van der Waals surface area contributed by atoms with Crippen LogP contribution in [0.25, 0.3) is 0 Å². The molecular formula is C24H28N2O9. The van der Waals surface area contributed by atoms with Gasteiger partial charge in [-0.1, -0.05) is 24.3 Å². The Morgan fingerprint density at radius 1 is 1.17 bits per heavy atom. The molecule has 188 valence electrons. The predicted molar refractivity (Wildman–Crippen MR) is 124 cm³/mol. The van der Waals surface area contributed by atoms with Crippen LogP contribution in [0.2, 0.25) is 0 Å². The molecule has 4 N–H and O–H groups in total. The zero-order chi connectivity index (χ0) is 25.0. The van der Waals surface area contributed by atoms with Crippen molar-refractivity contribution in [2.75, 3.05) is 32.4 Å². The highest BCUT2D eigenvalue weighted by Crippen LogP contribution is 2.36. The number of hydrogen-bond acceptors (Lipinski definition) is 9. The number of amides is 2. The summed E-state index contributed by atoms with van der Waals surface area (Å²) >= 11 is 0. The maximum atomic E-state index is 12.9. The number of anilines is 1. The van der Waals surface area contributed by atoms with Crippen molar-refractivity contribution in [2.45, 2.75) is 25.0 Å². The van der Waals surface area contributed by atoms with Gasteiger partial charge in [0.05, 0.1) is 12.7 Å². The maximum absolute atomic E-state index is 12.9. The Labute approximate surface area is 202 Å². The van der Waals surface area contributed by atoms with E-state index in [9.17, 15) is 14.7 Å². The molecule has 0 bridgehead atoms. The van der Waals surface area contributed by atoms with Gasteiger partial charge in [-0.05, 0) is 31.0 Å². The van der Waals surface area contributed by atoms with Crippen LogP contribution in [0.5, 0.6) is 17.2 Å². The van der Waals surface area contributed by atoms with Gasteiger partial charge in [0, 0.05) is 30.5 Å². The molecule has 0 saturated heterocycles. The minimum atomic E-state index is -0.885. The highest BCUT2D eigenvalue weighted by molar-refractivity contribution is 5.86. The van der Waals surface area contributed by atoms with Crippen LogP contribution in [0.3, 0.4) is 0 Å². The average molecular weight is 488 g/mol. The number of carbonyl (C=O) groups excluding carboxylic acids is 2. The first-order valence-corrected chi connectivity index (χ1v) is 10.9. The van der Waals surface area contributed by atoms with Crippen LogP contribution in [0, 0.1) is 0 Å². The molecule has 0 radical (unpaired) electrons. The molecule has 35 heavy (non-hydrogen) atoms. The van der Waals surface area contributed by atoms with E-state index in [2.05, 4.69) is 5.32 Å². The standard InChI is InChI=1S/C24H28N2O9/c1-31-20(8-4-5-9-22(28)26-30)23(17-6-2-3-7-18(17)32-13-12-27)35-24(29)25-16-10-11-19-21(14-16)34-15-33-19/h2-3,5-7,9-11,14,20,23,27,30H,4,8,12-13,15H2,1H3,(H,25,29)(H,26,28)/b9-5+/t20-,23-/m1/s1. The zero-order valence-electron chi connectivity index (χ0n) is 19.1. The Morgan fingerprint density at radius 2 is 1.97 bits per heavy atom. The van der Waals surface area contributed by atoms with Gasteiger partial charge in [-0.15, -0.1) is 0 Å². The average Bonchev–Trinajstić information content (AvgIpc) is 3.34. The molecule has 0 aromatic heterocycles. The van der Waals surface area contributed by atoms with Gasteiger partial charge in [0.25, 0.3) is 5.91 Å². The number of hydrogen-bond donors (Lipinski definition) is 4. The molecule has 2 amide bonds. The molecule has 11 nitrogen and oxygen atoms in total. The van der Waals surface area contributed by atoms with Gasteiger partial charge in [-0.25, -0.2) is 10.3 Å². The second-order valence-electron chi connectivity index (χ2n) is 7.36. The first-order valence-electron chi connectivity index (χ1n) is 10.9. The number of allylic oxidation sites excluding steroid dienone is 1. The van der Waals surface area contributed by atoms with Gasteiger partial charge in [-0.3, -0.25) is 15.3 Å². The largest absolute Gasteiger partial charge is 0.491 e. The van der Waals surface area contributed by atoms with Gasteiger partial charge >= 0.3 is 6.09 Å². The Hall–Kier alpha value is -3.80. The van der Waals surface area contributed by atoms with E-state index in [4.69, 9.17) is 28.9 Å². The molecule has 0 unspecified atom stereocenters. The van der Waals surface area contributed by atoms with Crippen LogP contribution in [0.15, 0.2) is 54.6 Å². The fourth-order valence-electron chi connectivity index (χ4n) is 3.46. The van der Waals surface area contributed by atoms with Crippen molar-refractivity contribution in [3.8, 4) is 17.2 Å². The molecule has 1 aliphatic rings. The Morgan fingerprint density at radius 3 is 2.74 bits per heavy atom. The lowest BCUT2D eigenvalue weighted by atomic mass is 9.99. The number of aliphatic hydroxyl groups excluding tert-OH is 1. The molecule has 1 heterocycles. The van der Waals surface area contributed by atoms with E-state index >= 15 is 0 Å². The first-order chi connectivity index (χ1) is 17.0. The van der Waals surface area contributed by atoms with E-state index < -0.39 is 24.2 Å². The number of aliphatic hydroxyl groups is 1. The molecule has 0 saturated carbocycles. The predicted octanol–water partition coefficient (Wildman–Crippen LogP) is 2.93. The number of para-hydroxylation sites is 1.